The van der Waals surface area contributed by atoms with Crippen molar-refractivity contribution in [3.63, 3.8) is 0 Å². The monoisotopic (exact) mass is 310 g/mol. The van der Waals surface area contributed by atoms with Crippen molar-refractivity contribution in [2.24, 2.45) is 0 Å². The predicted molar refractivity (Wildman–Crippen MR) is 72.6 cm³/mol. The zero-order chi connectivity index (χ0) is 12.3. The number of rotatable bonds is 4. The summed E-state index contributed by atoms with van der Waals surface area (Å²) >= 11 is 5.00. The third-order valence-electron chi connectivity index (χ3n) is 2.52. The maximum atomic E-state index is 11.0. The summed E-state index contributed by atoms with van der Waals surface area (Å²) in [5.41, 5.74) is 1.05. The number of hydrogen-bond donors (Lipinski definition) is 1. The fraction of sp³-hybridized carbons (Fsp3) is 0.154. The van der Waals surface area contributed by atoms with E-state index in [0.29, 0.717) is 0 Å². The van der Waals surface area contributed by atoms with E-state index in [1.54, 1.807) is 11.3 Å². The highest BCUT2D eigenvalue weighted by molar-refractivity contribution is 9.11. The summed E-state index contributed by atoms with van der Waals surface area (Å²) in [5, 5.41) is 9.01. The Bertz CT molecular complexity index is 507. The van der Waals surface area contributed by atoms with Crippen LogP contribution in [0.25, 0.3) is 0 Å². The molecule has 1 unspecified atom stereocenters. The highest BCUT2D eigenvalue weighted by Crippen LogP contribution is 2.34. The standard InChI is InChI=1S/C13H11BrO2S/c14-12-7-6-11(17-12)10(8-13(15)16)9-4-2-1-3-5-9/h1-7,10H,8H2,(H,15,16). The van der Waals surface area contributed by atoms with Gasteiger partial charge >= 0.3 is 5.97 Å². The molecular weight excluding hydrogens is 300 g/mol. The molecule has 2 aromatic rings. The van der Waals surface area contributed by atoms with Gasteiger partial charge in [0.15, 0.2) is 0 Å². The first-order chi connectivity index (χ1) is 8.16. The van der Waals surface area contributed by atoms with E-state index in [1.165, 1.54) is 0 Å². The molecule has 0 saturated carbocycles. The molecule has 0 spiro atoms. The van der Waals surface area contributed by atoms with Gasteiger partial charge in [0.05, 0.1) is 10.2 Å². The zero-order valence-electron chi connectivity index (χ0n) is 8.97. The van der Waals surface area contributed by atoms with Crippen molar-refractivity contribution in [3.8, 4) is 0 Å². The molecule has 2 rings (SSSR count). The van der Waals surface area contributed by atoms with Crippen LogP contribution in [-0.2, 0) is 4.79 Å². The minimum absolute atomic E-state index is 0.0648. The molecular formula is C13H11BrO2S. The lowest BCUT2D eigenvalue weighted by molar-refractivity contribution is -0.137. The smallest absolute Gasteiger partial charge is 0.304 e. The fourth-order valence-corrected chi connectivity index (χ4v) is 3.31. The molecule has 4 heteroatoms. The summed E-state index contributed by atoms with van der Waals surface area (Å²) < 4.78 is 1.03. The molecule has 0 bridgehead atoms. The Morgan fingerprint density at radius 1 is 1.24 bits per heavy atom. The van der Waals surface area contributed by atoms with Crippen molar-refractivity contribution in [3.05, 3.63) is 56.7 Å². The number of hydrogen-bond acceptors (Lipinski definition) is 2. The van der Waals surface area contributed by atoms with Gasteiger partial charge in [0.25, 0.3) is 0 Å². The number of aliphatic carboxylic acids is 1. The number of carboxylic acid groups (broad SMARTS) is 1. The van der Waals surface area contributed by atoms with Crippen LogP contribution in [0.5, 0.6) is 0 Å². The Labute approximate surface area is 112 Å². The molecule has 1 aromatic heterocycles. The van der Waals surface area contributed by atoms with Crippen molar-refractivity contribution < 1.29 is 9.90 Å². The number of thiophene rings is 1. The molecule has 0 aliphatic rings. The first-order valence-electron chi connectivity index (χ1n) is 5.19. The highest BCUT2D eigenvalue weighted by atomic mass is 79.9. The second-order valence-electron chi connectivity index (χ2n) is 3.70. The molecule has 2 nitrogen and oxygen atoms in total. The lowest BCUT2D eigenvalue weighted by atomic mass is 9.94. The number of carboxylic acids is 1. The van der Waals surface area contributed by atoms with E-state index in [2.05, 4.69) is 15.9 Å². The molecule has 0 saturated heterocycles. The van der Waals surface area contributed by atoms with Gasteiger partial charge < -0.3 is 5.11 Å². The van der Waals surface area contributed by atoms with E-state index in [-0.39, 0.29) is 12.3 Å². The quantitative estimate of drug-likeness (QED) is 0.922. The van der Waals surface area contributed by atoms with Gasteiger partial charge in [-0.2, -0.15) is 0 Å². The summed E-state index contributed by atoms with van der Waals surface area (Å²) in [7, 11) is 0. The number of benzene rings is 1. The molecule has 1 heterocycles. The fourth-order valence-electron chi connectivity index (χ4n) is 1.76. The summed E-state index contributed by atoms with van der Waals surface area (Å²) in [6.07, 6.45) is 0.122. The second kappa shape index (κ2) is 5.47. The van der Waals surface area contributed by atoms with Crippen LogP contribution < -0.4 is 0 Å². The lowest BCUT2D eigenvalue weighted by Crippen LogP contribution is -2.06. The molecule has 17 heavy (non-hydrogen) atoms. The molecule has 0 aliphatic heterocycles. The van der Waals surface area contributed by atoms with E-state index in [4.69, 9.17) is 5.11 Å². The first kappa shape index (κ1) is 12.3. The maximum Gasteiger partial charge on any atom is 0.304 e. The Kier molecular flexibility index (Phi) is 3.97. The van der Waals surface area contributed by atoms with Crippen molar-refractivity contribution in [1.29, 1.82) is 0 Å². The number of halogens is 1. The van der Waals surface area contributed by atoms with E-state index < -0.39 is 5.97 Å². The third kappa shape index (κ3) is 3.17. The van der Waals surface area contributed by atoms with E-state index >= 15 is 0 Å². The average Bonchev–Trinajstić information content (AvgIpc) is 2.73. The highest BCUT2D eigenvalue weighted by Gasteiger charge is 2.19. The maximum absolute atomic E-state index is 11.0. The van der Waals surface area contributed by atoms with Crippen molar-refractivity contribution in [2.75, 3.05) is 0 Å². The van der Waals surface area contributed by atoms with Gasteiger partial charge in [0, 0.05) is 10.8 Å². The first-order valence-corrected chi connectivity index (χ1v) is 6.79. The van der Waals surface area contributed by atoms with Crippen LogP contribution in [0.4, 0.5) is 0 Å². The SMILES string of the molecule is O=C(O)CC(c1ccccc1)c1ccc(Br)s1. The van der Waals surface area contributed by atoms with Gasteiger partial charge in [0.1, 0.15) is 0 Å². The van der Waals surface area contributed by atoms with Crippen LogP contribution in [0.15, 0.2) is 46.3 Å². The van der Waals surface area contributed by atoms with Crippen LogP contribution in [-0.4, -0.2) is 11.1 Å². The molecule has 1 N–H and O–H groups in total. The van der Waals surface area contributed by atoms with E-state index in [1.807, 2.05) is 42.5 Å². The largest absolute Gasteiger partial charge is 0.481 e. The van der Waals surface area contributed by atoms with Crippen LogP contribution >= 0.6 is 27.3 Å². The molecule has 0 fully saturated rings. The predicted octanol–water partition coefficient (Wildman–Crippen LogP) is 4.12. The van der Waals surface area contributed by atoms with Gasteiger partial charge in [-0.05, 0) is 33.6 Å². The van der Waals surface area contributed by atoms with Crippen molar-refractivity contribution in [2.45, 2.75) is 12.3 Å². The van der Waals surface area contributed by atoms with Crippen molar-refractivity contribution >= 4 is 33.2 Å². The Morgan fingerprint density at radius 3 is 2.47 bits per heavy atom. The van der Waals surface area contributed by atoms with Gasteiger partial charge in [-0.15, -0.1) is 11.3 Å². The second-order valence-corrected chi connectivity index (χ2v) is 6.20. The minimum atomic E-state index is -0.775. The van der Waals surface area contributed by atoms with Gasteiger partial charge in [-0.3, -0.25) is 4.79 Å². The van der Waals surface area contributed by atoms with Crippen molar-refractivity contribution in [1.82, 2.24) is 0 Å². The summed E-state index contributed by atoms with van der Waals surface area (Å²) in [6, 6.07) is 13.7. The van der Waals surface area contributed by atoms with E-state index in [0.717, 1.165) is 14.2 Å². The molecule has 1 atom stereocenters. The van der Waals surface area contributed by atoms with Crippen LogP contribution in [0.2, 0.25) is 0 Å². The zero-order valence-corrected chi connectivity index (χ0v) is 11.4. The average molecular weight is 311 g/mol. The summed E-state index contributed by atoms with van der Waals surface area (Å²) in [6.45, 7) is 0. The van der Waals surface area contributed by atoms with E-state index in [9.17, 15) is 4.79 Å². The van der Waals surface area contributed by atoms with Gasteiger partial charge in [-0.25, -0.2) is 0 Å². The minimum Gasteiger partial charge on any atom is -0.481 e. The summed E-state index contributed by atoms with van der Waals surface area (Å²) in [5.74, 6) is -0.839. The Hall–Kier alpha value is -1.13. The number of carbonyl (C=O) groups is 1. The Balaban J connectivity index is 2.35. The molecule has 0 aliphatic carbocycles. The van der Waals surface area contributed by atoms with Gasteiger partial charge in [0.2, 0.25) is 0 Å². The van der Waals surface area contributed by atoms with Crippen LogP contribution in [0.1, 0.15) is 22.8 Å². The van der Waals surface area contributed by atoms with Crippen LogP contribution in [0, 0.1) is 0 Å². The normalized spacial score (nSPS) is 12.3. The molecule has 0 amide bonds. The molecule has 1 aromatic carbocycles. The van der Waals surface area contributed by atoms with Crippen LogP contribution in [0.3, 0.4) is 0 Å². The molecule has 0 radical (unpaired) electrons. The third-order valence-corrected chi connectivity index (χ3v) is 4.26. The van der Waals surface area contributed by atoms with Gasteiger partial charge in [-0.1, -0.05) is 30.3 Å². The topological polar surface area (TPSA) is 37.3 Å². The molecule has 88 valence electrons. The summed E-state index contributed by atoms with van der Waals surface area (Å²) in [4.78, 5) is 12.0. The Morgan fingerprint density at radius 2 is 1.94 bits per heavy atom. The lowest BCUT2D eigenvalue weighted by Gasteiger charge is -2.13.